The number of benzene rings is 1. The molecule has 0 radical (unpaired) electrons. The summed E-state index contributed by atoms with van der Waals surface area (Å²) < 4.78 is 13.5. The summed E-state index contributed by atoms with van der Waals surface area (Å²) in [5.74, 6) is -0.00136. The molecule has 0 bridgehead atoms. The second-order valence-corrected chi connectivity index (χ2v) is 9.06. The first-order valence-electron chi connectivity index (χ1n) is 10.0. The number of hydrogen-bond acceptors (Lipinski definition) is 3. The predicted octanol–water partition coefficient (Wildman–Crippen LogP) is 3.76. The molecule has 5 rings (SSSR count). The molecular weight excluding hydrogens is 375 g/mol. The van der Waals surface area contributed by atoms with Crippen LogP contribution in [-0.2, 0) is 16.0 Å². The van der Waals surface area contributed by atoms with Gasteiger partial charge < -0.3 is 9.80 Å². The van der Waals surface area contributed by atoms with Gasteiger partial charge >= 0.3 is 0 Å². The number of fused-ring (bicyclic) bond motifs is 1. The maximum absolute atomic E-state index is 13.5. The number of carbonyl (C=O) groups is 2. The summed E-state index contributed by atoms with van der Waals surface area (Å²) in [6.45, 7) is 0.793. The van der Waals surface area contributed by atoms with Crippen LogP contribution in [0.2, 0.25) is 0 Å². The Labute approximate surface area is 167 Å². The normalized spacial score (nSPS) is 21.3. The van der Waals surface area contributed by atoms with Crippen molar-refractivity contribution in [2.75, 3.05) is 13.1 Å². The Kier molecular flexibility index (Phi) is 4.46. The fraction of sp³-hybridized carbons (Fsp3) is 0.455. The van der Waals surface area contributed by atoms with Crippen molar-refractivity contribution in [2.24, 2.45) is 5.92 Å². The van der Waals surface area contributed by atoms with Gasteiger partial charge in [0.25, 0.3) is 0 Å². The Hall–Kier alpha value is -2.21. The summed E-state index contributed by atoms with van der Waals surface area (Å²) in [6.07, 6.45) is 4.74. The molecule has 2 aromatic rings. The third kappa shape index (κ3) is 3.34. The van der Waals surface area contributed by atoms with Gasteiger partial charge in [-0.05, 0) is 66.8 Å². The van der Waals surface area contributed by atoms with Gasteiger partial charge in [-0.2, -0.15) is 0 Å². The van der Waals surface area contributed by atoms with Gasteiger partial charge in [-0.1, -0.05) is 12.1 Å². The molecule has 2 fully saturated rings. The van der Waals surface area contributed by atoms with E-state index < -0.39 is 0 Å². The molecule has 2 amide bonds. The maximum atomic E-state index is 13.5. The summed E-state index contributed by atoms with van der Waals surface area (Å²) in [7, 11) is 0. The lowest BCUT2D eigenvalue weighted by atomic mass is 9.93. The van der Waals surface area contributed by atoms with Crippen molar-refractivity contribution in [3.63, 3.8) is 0 Å². The van der Waals surface area contributed by atoms with Crippen molar-refractivity contribution >= 4 is 23.2 Å². The molecule has 28 heavy (non-hydrogen) atoms. The average molecular weight is 399 g/mol. The minimum absolute atomic E-state index is 0.00734. The Morgan fingerprint density at radius 3 is 2.54 bits per heavy atom. The Morgan fingerprint density at radius 1 is 1.11 bits per heavy atom. The van der Waals surface area contributed by atoms with E-state index in [1.807, 2.05) is 9.80 Å². The summed E-state index contributed by atoms with van der Waals surface area (Å²) in [5, 5.41) is 2.06. The van der Waals surface area contributed by atoms with E-state index in [1.54, 1.807) is 23.5 Å². The molecule has 146 valence electrons. The molecule has 1 atom stereocenters. The topological polar surface area (TPSA) is 40.6 Å². The Bertz CT molecular complexity index is 902. The van der Waals surface area contributed by atoms with Crippen LogP contribution < -0.4 is 0 Å². The van der Waals surface area contributed by atoms with Crippen LogP contribution in [0.15, 0.2) is 35.7 Å². The van der Waals surface area contributed by atoms with Crippen LogP contribution in [0.4, 0.5) is 4.39 Å². The lowest BCUT2D eigenvalue weighted by Gasteiger charge is -2.37. The summed E-state index contributed by atoms with van der Waals surface area (Å²) in [4.78, 5) is 31.0. The van der Waals surface area contributed by atoms with E-state index in [0.29, 0.717) is 6.54 Å². The number of thiophene rings is 1. The lowest BCUT2D eigenvalue weighted by Crippen LogP contribution is -2.47. The molecule has 2 saturated carbocycles. The minimum atomic E-state index is -0.280. The number of halogens is 1. The smallest absolute Gasteiger partial charge is 0.243 e. The van der Waals surface area contributed by atoms with E-state index in [0.717, 1.165) is 43.2 Å². The fourth-order valence-electron chi connectivity index (χ4n) is 4.16. The van der Waals surface area contributed by atoms with Crippen LogP contribution in [0.5, 0.6) is 0 Å². The van der Waals surface area contributed by atoms with Crippen molar-refractivity contribution in [2.45, 2.75) is 44.2 Å². The second kappa shape index (κ2) is 6.99. The highest BCUT2D eigenvalue weighted by atomic mass is 32.1. The molecule has 0 spiro atoms. The molecular formula is C22H23FN2O2S. The summed E-state index contributed by atoms with van der Waals surface area (Å²) in [6, 6.07) is 8.53. The first-order chi connectivity index (χ1) is 13.6. The zero-order chi connectivity index (χ0) is 19.3. The molecule has 0 saturated heterocycles. The first-order valence-corrected chi connectivity index (χ1v) is 10.9. The van der Waals surface area contributed by atoms with E-state index in [2.05, 4.69) is 11.4 Å². The highest BCUT2D eigenvalue weighted by Gasteiger charge is 2.42. The number of hydrogen-bond donors (Lipinski definition) is 0. The molecule has 1 aliphatic heterocycles. The molecule has 2 aliphatic carbocycles. The van der Waals surface area contributed by atoms with Crippen LogP contribution in [0, 0.1) is 11.7 Å². The average Bonchev–Trinajstić information content (AvgIpc) is 3.62. The minimum Gasteiger partial charge on any atom is -0.330 e. The van der Waals surface area contributed by atoms with Crippen molar-refractivity contribution < 1.29 is 14.0 Å². The van der Waals surface area contributed by atoms with Crippen molar-refractivity contribution in [1.82, 2.24) is 9.80 Å². The number of rotatable bonds is 5. The largest absolute Gasteiger partial charge is 0.330 e. The maximum Gasteiger partial charge on any atom is 0.243 e. The molecule has 3 aliphatic rings. The number of amides is 2. The van der Waals surface area contributed by atoms with Crippen LogP contribution in [-0.4, -0.2) is 40.7 Å². The zero-order valence-electron chi connectivity index (χ0n) is 15.6. The van der Waals surface area contributed by atoms with Gasteiger partial charge in [0.05, 0.1) is 6.04 Å². The molecule has 6 heteroatoms. The summed E-state index contributed by atoms with van der Waals surface area (Å²) >= 11 is 1.71. The van der Waals surface area contributed by atoms with E-state index in [1.165, 1.54) is 17.0 Å². The van der Waals surface area contributed by atoms with Crippen LogP contribution in [0.3, 0.4) is 0 Å². The van der Waals surface area contributed by atoms with Crippen molar-refractivity contribution in [3.8, 4) is 0 Å². The highest BCUT2D eigenvalue weighted by Crippen LogP contribution is 2.39. The van der Waals surface area contributed by atoms with E-state index in [-0.39, 0.29) is 42.2 Å². The van der Waals surface area contributed by atoms with Crippen LogP contribution in [0.25, 0.3) is 0 Å². The third-order valence-electron chi connectivity index (χ3n) is 5.97. The van der Waals surface area contributed by atoms with Gasteiger partial charge in [-0.15, -0.1) is 11.3 Å². The van der Waals surface area contributed by atoms with Gasteiger partial charge in [0.15, 0.2) is 0 Å². The van der Waals surface area contributed by atoms with E-state index >= 15 is 0 Å². The molecule has 1 aromatic carbocycles. The predicted molar refractivity (Wildman–Crippen MR) is 105 cm³/mol. The Balaban J connectivity index is 1.42. The van der Waals surface area contributed by atoms with E-state index in [4.69, 9.17) is 0 Å². The molecule has 4 nitrogen and oxygen atoms in total. The highest BCUT2D eigenvalue weighted by molar-refractivity contribution is 7.10. The second-order valence-electron chi connectivity index (χ2n) is 8.06. The SMILES string of the molecule is O=C(C1CC1)N(CC(=O)N1CCc2sccc2[C@@H]1c1ccc(F)cc1)C1CC1. The van der Waals surface area contributed by atoms with Crippen LogP contribution >= 0.6 is 11.3 Å². The number of nitrogens with zero attached hydrogens (tertiary/aromatic N) is 2. The first kappa shape index (κ1) is 17.9. The number of carbonyl (C=O) groups excluding carboxylic acids is 2. The quantitative estimate of drug-likeness (QED) is 0.769. The van der Waals surface area contributed by atoms with Gasteiger partial charge in [0.1, 0.15) is 12.4 Å². The zero-order valence-corrected chi connectivity index (χ0v) is 16.5. The fourth-order valence-corrected chi connectivity index (χ4v) is 5.07. The van der Waals surface area contributed by atoms with E-state index in [9.17, 15) is 14.0 Å². The van der Waals surface area contributed by atoms with Gasteiger partial charge in [0.2, 0.25) is 11.8 Å². The standard InChI is InChI=1S/C22H23FN2O2S/c23-16-5-3-14(4-6-16)21-18-10-12-28-19(18)9-11-24(21)20(26)13-25(17-7-8-17)22(27)15-1-2-15/h3-6,10,12,15,17,21H,1-2,7-9,11,13H2/t21-/m0/s1. The Morgan fingerprint density at radius 2 is 1.86 bits per heavy atom. The van der Waals surface area contributed by atoms with Crippen molar-refractivity contribution in [3.05, 3.63) is 57.5 Å². The monoisotopic (exact) mass is 398 g/mol. The molecule has 0 unspecified atom stereocenters. The van der Waals surface area contributed by atoms with Crippen molar-refractivity contribution in [1.29, 1.82) is 0 Å². The van der Waals surface area contributed by atoms with Gasteiger partial charge in [-0.3, -0.25) is 9.59 Å². The third-order valence-corrected chi connectivity index (χ3v) is 6.97. The molecule has 1 aromatic heterocycles. The molecule has 0 N–H and O–H groups in total. The van der Waals surface area contributed by atoms with Gasteiger partial charge in [-0.25, -0.2) is 4.39 Å². The van der Waals surface area contributed by atoms with Crippen LogP contribution in [0.1, 0.15) is 47.7 Å². The summed E-state index contributed by atoms with van der Waals surface area (Å²) in [5.41, 5.74) is 2.04. The lowest BCUT2D eigenvalue weighted by molar-refractivity contribution is -0.143. The van der Waals surface area contributed by atoms with Gasteiger partial charge in [0, 0.05) is 23.4 Å². The molecule has 2 heterocycles.